The van der Waals surface area contributed by atoms with Crippen molar-refractivity contribution in [3.8, 4) is 5.75 Å². The van der Waals surface area contributed by atoms with Gasteiger partial charge >= 0.3 is 6.61 Å². The average molecular weight is 281 g/mol. The topological polar surface area (TPSA) is 53.1 Å². The van der Waals surface area contributed by atoms with Crippen LogP contribution in [0.2, 0.25) is 0 Å². The van der Waals surface area contributed by atoms with Gasteiger partial charge in [0, 0.05) is 25.2 Å². The van der Waals surface area contributed by atoms with Crippen molar-refractivity contribution < 1.29 is 13.5 Å². The van der Waals surface area contributed by atoms with Gasteiger partial charge in [-0.2, -0.15) is 13.9 Å². The summed E-state index contributed by atoms with van der Waals surface area (Å²) < 4.78 is 30.2. The van der Waals surface area contributed by atoms with Crippen LogP contribution in [0.5, 0.6) is 5.75 Å². The Morgan fingerprint density at radius 2 is 1.95 bits per heavy atom. The molecule has 0 aliphatic heterocycles. The minimum atomic E-state index is -2.81. The Morgan fingerprint density at radius 3 is 2.45 bits per heavy atom. The van der Waals surface area contributed by atoms with E-state index in [1.54, 1.807) is 16.8 Å². The second kappa shape index (κ2) is 6.00. The Morgan fingerprint density at radius 1 is 1.30 bits per heavy atom. The molecule has 2 aromatic rings. The van der Waals surface area contributed by atoms with Crippen molar-refractivity contribution in [3.05, 3.63) is 47.3 Å². The van der Waals surface area contributed by atoms with E-state index in [0.29, 0.717) is 6.42 Å². The van der Waals surface area contributed by atoms with Gasteiger partial charge in [0.25, 0.3) is 0 Å². The highest BCUT2D eigenvalue weighted by molar-refractivity contribution is 5.30. The Balaban J connectivity index is 2.05. The number of halogens is 2. The number of benzene rings is 1. The molecule has 0 bridgehead atoms. The zero-order valence-corrected chi connectivity index (χ0v) is 11.4. The molecule has 0 saturated carbocycles. The predicted molar refractivity (Wildman–Crippen MR) is 71.7 cm³/mol. The van der Waals surface area contributed by atoms with Crippen LogP contribution in [0.4, 0.5) is 8.78 Å². The Hall–Kier alpha value is -1.95. The minimum absolute atomic E-state index is 0.132. The lowest BCUT2D eigenvalue weighted by atomic mass is 10.0. The summed E-state index contributed by atoms with van der Waals surface area (Å²) in [5, 5.41) is 4.26. The maximum Gasteiger partial charge on any atom is 0.387 e. The molecule has 6 heteroatoms. The van der Waals surface area contributed by atoms with Crippen LogP contribution in [-0.4, -0.2) is 16.4 Å². The number of ether oxygens (including phenoxy) is 1. The number of rotatable bonds is 5. The zero-order chi connectivity index (χ0) is 14.7. The van der Waals surface area contributed by atoms with E-state index >= 15 is 0 Å². The average Bonchev–Trinajstić information content (AvgIpc) is 2.68. The van der Waals surface area contributed by atoms with E-state index < -0.39 is 6.61 Å². The summed E-state index contributed by atoms with van der Waals surface area (Å²) in [6, 6.07) is 8.15. The van der Waals surface area contributed by atoms with Crippen LogP contribution in [0.3, 0.4) is 0 Å². The van der Waals surface area contributed by atoms with Gasteiger partial charge in [0.15, 0.2) is 0 Å². The quantitative estimate of drug-likeness (QED) is 0.916. The summed E-state index contributed by atoms with van der Waals surface area (Å²) >= 11 is 0. The van der Waals surface area contributed by atoms with Crippen molar-refractivity contribution in [1.29, 1.82) is 0 Å². The molecule has 0 spiro atoms. The van der Waals surface area contributed by atoms with E-state index in [1.165, 1.54) is 12.1 Å². The van der Waals surface area contributed by atoms with Gasteiger partial charge in [0.2, 0.25) is 0 Å². The monoisotopic (exact) mass is 281 g/mol. The van der Waals surface area contributed by atoms with Crippen molar-refractivity contribution in [2.24, 2.45) is 12.8 Å². The molecule has 4 nitrogen and oxygen atoms in total. The van der Waals surface area contributed by atoms with E-state index in [9.17, 15) is 8.78 Å². The van der Waals surface area contributed by atoms with Gasteiger partial charge in [-0.05, 0) is 30.7 Å². The van der Waals surface area contributed by atoms with Crippen LogP contribution in [0.25, 0.3) is 0 Å². The number of aryl methyl sites for hydroxylation is 2. The van der Waals surface area contributed by atoms with E-state index in [2.05, 4.69) is 9.84 Å². The fraction of sp³-hybridized carbons (Fsp3) is 0.357. The molecule has 0 aliphatic carbocycles. The van der Waals surface area contributed by atoms with Crippen molar-refractivity contribution in [1.82, 2.24) is 9.78 Å². The number of hydrogen-bond donors (Lipinski definition) is 1. The van der Waals surface area contributed by atoms with E-state index in [0.717, 1.165) is 17.0 Å². The molecule has 1 heterocycles. The third-order valence-corrected chi connectivity index (χ3v) is 3.06. The molecule has 0 saturated heterocycles. The van der Waals surface area contributed by atoms with Gasteiger partial charge < -0.3 is 10.5 Å². The maximum absolute atomic E-state index is 12.1. The fourth-order valence-electron chi connectivity index (χ4n) is 2.09. The maximum atomic E-state index is 12.1. The van der Waals surface area contributed by atoms with E-state index in [4.69, 9.17) is 5.73 Å². The minimum Gasteiger partial charge on any atom is -0.435 e. The number of alkyl halides is 2. The summed E-state index contributed by atoms with van der Waals surface area (Å²) in [6.07, 6.45) is 0.631. The molecule has 0 amide bonds. The highest BCUT2D eigenvalue weighted by Crippen LogP contribution is 2.20. The SMILES string of the molecule is Cc1cc(CC(N)c2ccc(OC(F)F)cc2)n(C)n1. The number of nitrogens with zero attached hydrogens (tertiary/aromatic N) is 2. The van der Waals surface area contributed by atoms with Crippen molar-refractivity contribution in [2.75, 3.05) is 0 Å². The predicted octanol–water partition coefficient (Wildman–Crippen LogP) is 2.57. The van der Waals surface area contributed by atoms with Crippen LogP contribution in [0.15, 0.2) is 30.3 Å². The largest absolute Gasteiger partial charge is 0.435 e. The third-order valence-electron chi connectivity index (χ3n) is 3.06. The summed E-state index contributed by atoms with van der Waals surface area (Å²) in [6.45, 7) is -0.891. The Bertz CT molecular complexity index is 566. The molecular formula is C14H17F2N3O. The van der Waals surface area contributed by atoms with Gasteiger partial charge in [0.1, 0.15) is 5.75 Å². The molecule has 1 aromatic carbocycles. The molecule has 1 unspecified atom stereocenters. The first-order chi connectivity index (χ1) is 9.45. The third kappa shape index (κ3) is 3.54. The second-order valence-corrected chi connectivity index (χ2v) is 4.66. The van der Waals surface area contributed by atoms with Crippen molar-refractivity contribution >= 4 is 0 Å². The molecule has 20 heavy (non-hydrogen) atoms. The lowest BCUT2D eigenvalue weighted by Gasteiger charge is -2.13. The van der Waals surface area contributed by atoms with Gasteiger partial charge in [-0.3, -0.25) is 4.68 Å². The Kier molecular flexibility index (Phi) is 4.34. The lowest BCUT2D eigenvalue weighted by molar-refractivity contribution is -0.0498. The molecule has 2 rings (SSSR count). The summed E-state index contributed by atoms with van der Waals surface area (Å²) in [4.78, 5) is 0. The van der Waals surface area contributed by atoms with Crippen molar-refractivity contribution in [2.45, 2.75) is 26.0 Å². The van der Waals surface area contributed by atoms with Crippen LogP contribution < -0.4 is 10.5 Å². The first kappa shape index (κ1) is 14.5. The molecule has 0 aliphatic rings. The van der Waals surface area contributed by atoms with Crippen LogP contribution in [0.1, 0.15) is 23.0 Å². The summed E-state index contributed by atoms with van der Waals surface area (Å²) in [5.41, 5.74) is 8.96. The van der Waals surface area contributed by atoms with E-state index in [1.807, 2.05) is 20.0 Å². The highest BCUT2D eigenvalue weighted by atomic mass is 19.3. The molecule has 1 aromatic heterocycles. The molecule has 1 atom stereocenters. The van der Waals surface area contributed by atoms with Crippen LogP contribution in [-0.2, 0) is 13.5 Å². The van der Waals surface area contributed by atoms with Gasteiger partial charge in [-0.1, -0.05) is 12.1 Å². The standard InChI is InChI=1S/C14H17F2N3O/c1-9-7-11(19(2)18-9)8-13(17)10-3-5-12(6-4-10)20-14(15)16/h3-7,13-14H,8,17H2,1-2H3. The number of nitrogens with two attached hydrogens (primary N) is 1. The number of hydrogen-bond acceptors (Lipinski definition) is 3. The summed E-state index contributed by atoms with van der Waals surface area (Å²) in [5.74, 6) is 0.132. The molecule has 0 radical (unpaired) electrons. The first-order valence-electron chi connectivity index (χ1n) is 6.25. The molecule has 0 fully saturated rings. The van der Waals surface area contributed by atoms with E-state index in [-0.39, 0.29) is 11.8 Å². The van der Waals surface area contributed by atoms with Crippen LogP contribution in [0, 0.1) is 6.92 Å². The Labute approximate surface area is 116 Å². The normalized spacial score (nSPS) is 12.7. The molecule has 2 N–H and O–H groups in total. The lowest BCUT2D eigenvalue weighted by Crippen LogP contribution is -2.15. The second-order valence-electron chi connectivity index (χ2n) is 4.66. The molecule has 108 valence electrons. The highest BCUT2D eigenvalue weighted by Gasteiger charge is 2.11. The van der Waals surface area contributed by atoms with Gasteiger partial charge in [-0.25, -0.2) is 0 Å². The molecular weight excluding hydrogens is 264 g/mol. The zero-order valence-electron chi connectivity index (χ0n) is 11.4. The van der Waals surface area contributed by atoms with Crippen molar-refractivity contribution in [3.63, 3.8) is 0 Å². The van der Waals surface area contributed by atoms with Gasteiger partial charge in [-0.15, -0.1) is 0 Å². The van der Waals surface area contributed by atoms with Gasteiger partial charge in [0.05, 0.1) is 5.69 Å². The number of aromatic nitrogens is 2. The van der Waals surface area contributed by atoms with Crippen LogP contribution >= 0.6 is 0 Å². The summed E-state index contributed by atoms with van der Waals surface area (Å²) in [7, 11) is 1.87. The smallest absolute Gasteiger partial charge is 0.387 e. The first-order valence-corrected chi connectivity index (χ1v) is 6.25. The fourth-order valence-corrected chi connectivity index (χ4v) is 2.09.